The number of carbonyl (C=O) groups is 1. The van der Waals surface area contributed by atoms with Crippen molar-refractivity contribution in [3.05, 3.63) is 58.3 Å². The molecule has 4 nitrogen and oxygen atoms in total. The molecule has 1 heterocycles. The highest BCUT2D eigenvalue weighted by Gasteiger charge is 2.19. The molecule has 3 rings (SSSR count). The van der Waals surface area contributed by atoms with Crippen LogP contribution in [0.25, 0.3) is 27.7 Å². The Hall–Kier alpha value is -2.53. The standard InChI is InChI=1S/C25H28BrNO3/c1-5-7-11-27-23(28)12-16(3)20-14-21-22(18-9-8-10-19(26)13-18)15-30-25(21)17(4)24(20)29-6-2/h8-10,12-15H,5-7,11H2,1-4H3,(H,27,28)/b16-12+. The third-order valence-electron chi connectivity index (χ3n) is 5.07. The Bertz CT molecular complexity index is 1080. The molecule has 0 aliphatic heterocycles. The Morgan fingerprint density at radius 3 is 2.77 bits per heavy atom. The van der Waals surface area contributed by atoms with E-state index in [9.17, 15) is 4.79 Å². The zero-order valence-electron chi connectivity index (χ0n) is 18.0. The molecule has 0 fully saturated rings. The SMILES string of the molecule is CCCCNC(=O)/C=C(\C)c1cc2c(-c3cccc(Br)c3)coc2c(C)c1OCC. The third kappa shape index (κ3) is 4.78. The molecule has 1 aromatic heterocycles. The first kappa shape index (κ1) is 22.2. The Balaban J connectivity index is 2.11. The van der Waals surface area contributed by atoms with Crippen molar-refractivity contribution in [3.63, 3.8) is 0 Å². The van der Waals surface area contributed by atoms with E-state index in [2.05, 4.69) is 46.4 Å². The van der Waals surface area contributed by atoms with Crippen molar-refractivity contribution < 1.29 is 13.9 Å². The van der Waals surface area contributed by atoms with Gasteiger partial charge in [-0.2, -0.15) is 0 Å². The summed E-state index contributed by atoms with van der Waals surface area (Å²) in [6, 6.07) is 10.2. The van der Waals surface area contributed by atoms with E-state index in [1.165, 1.54) is 0 Å². The summed E-state index contributed by atoms with van der Waals surface area (Å²) < 4.78 is 12.9. The number of benzene rings is 2. The van der Waals surface area contributed by atoms with Gasteiger partial charge in [-0.1, -0.05) is 41.4 Å². The fourth-order valence-electron chi connectivity index (χ4n) is 3.53. The highest BCUT2D eigenvalue weighted by Crippen LogP contribution is 2.41. The van der Waals surface area contributed by atoms with Crippen LogP contribution in [0.2, 0.25) is 0 Å². The van der Waals surface area contributed by atoms with Crippen LogP contribution in [0.4, 0.5) is 0 Å². The fraction of sp³-hybridized carbons (Fsp3) is 0.320. The Morgan fingerprint density at radius 1 is 1.27 bits per heavy atom. The highest BCUT2D eigenvalue weighted by molar-refractivity contribution is 9.10. The number of hydrogen-bond acceptors (Lipinski definition) is 3. The normalized spacial score (nSPS) is 11.7. The number of halogens is 1. The molecule has 3 aromatic rings. The second-order valence-electron chi connectivity index (χ2n) is 7.32. The van der Waals surface area contributed by atoms with Crippen LogP contribution in [0.5, 0.6) is 5.75 Å². The maximum atomic E-state index is 12.3. The van der Waals surface area contributed by atoms with Gasteiger partial charge in [-0.25, -0.2) is 0 Å². The second-order valence-corrected chi connectivity index (χ2v) is 8.24. The van der Waals surface area contributed by atoms with E-state index in [1.807, 2.05) is 32.9 Å². The van der Waals surface area contributed by atoms with Gasteiger partial charge < -0.3 is 14.5 Å². The number of amides is 1. The monoisotopic (exact) mass is 469 g/mol. The largest absolute Gasteiger partial charge is 0.493 e. The van der Waals surface area contributed by atoms with Gasteiger partial charge in [0.25, 0.3) is 0 Å². The summed E-state index contributed by atoms with van der Waals surface area (Å²) in [6.45, 7) is 9.23. The van der Waals surface area contributed by atoms with Gasteiger partial charge in [0.05, 0.1) is 12.9 Å². The molecule has 0 aliphatic rings. The van der Waals surface area contributed by atoms with Crippen LogP contribution >= 0.6 is 15.9 Å². The summed E-state index contributed by atoms with van der Waals surface area (Å²) >= 11 is 3.54. The minimum atomic E-state index is -0.0828. The van der Waals surface area contributed by atoms with Crippen molar-refractivity contribution in [2.45, 2.75) is 40.5 Å². The number of unbranched alkanes of at least 4 members (excludes halogenated alkanes) is 1. The number of nitrogens with one attached hydrogen (secondary N) is 1. The predicted molar refractivity (Wildman–Crippen MR) is 127 cm³/mol. The summed E-state index contributed by atoms with van der Waals surface area (Å²) in [5.41, 5.74) is 5.58. The van der Waals surface area contributed by atoms with Gasteiger partial charge in [-0.3, -0.25) is 4.79 Å². The van der Waals surface area contributed by atoms with Crippen molar-refractivity contribution in [1.82, 2.24) is 5.32 Å². The van der Waals surface area contributed by atoms with Crippen LogP contribution in [0.1, 0.15) is 44.7 Å². The summed E-state index contributed by atoms with van der Waals surface area (Å²) in [7, 11) is 0. The maximum absolute atomic E-state index is 12.3. The molecule has 0 saturated heterocycles. The van der Waals surface area contributed by atoms with Gasteiger partial charge >= 0.3 is 0 Å². The maximum Gasteiger partial charge on any atom is 0.244 e. The van der Waals surface area contributed by atoms with Crippen molar-refractivity contribution >= 4 is 38.4 Å². The first-order valence-corrected chi connectivity index (χ1v) is 11.2. The average Bonchev–Trinajstić information content (AvgIpc) is 3.14. The van der Waals surface area contributed by atoms with Crippen LogP contribution in [0.15, 0.2) is 51.6 Å². The van der Waals surface area contributed by atoms with Crippen LogP contribution in [-0.2, 0) is 4.79 Å². The van der Waals surface area contributed by atoms with E-state index in [0.717, 1.165) is 61.9 Å². The van der Waals surface area contributed by atoms with E-state index >= 15 is 0 Å². The molecular formula is C25H28BrNO3. The fourth-order valence-corrected chi connectivity index (χ4v) is 3.93. The lowest BCUT2D eigenvalue weighted by Crippen LogP contribution is -2.22. The Kier molecular flexibility index (Phi) is 7.38. The van der Waals surface area contributed by atoms with E-state index in [4.69, 9.17) is 9.15 Å². The quantitative estimate of drug-likeness (QED) is 0.288. The van der Waals surface area contributed by atoms with E-state index in [-0.39, 0.29) is 5.91 Å². The molecule has 30 heavy (non-hydrogen) atoms. The van der Waals surface area contributed by atoms with Crippen molar-refractivity contribution in [1.29, 1.82) is 0 Å². The number of allylic oxidation sites excluding steroid dienone is 1. The zero-order chi connectivity index (χ0) is 21.7. The summed E-state index contributed by atoms with van der Waals surface area (Å²) in [6.07, 6.45) is 5.46. The molecule has 0 radical (unpaired) electrons. The van der Waals surface area contributed by atoms with Crippen molar-refractivity contribution in [3.8, 4) is 16.9 Å². The van der Waals surface area contributed by atoms with E-state index in [0.29, 0.717) is 13.2 Å². The van der Waals surface area contributed by atoms with Gasteiger partial charge in [-0.05, 0) is 56.5 Å². The highest BCUT2D eigenvalue weighted by atomic mass is 79.9. The number of fused-ring (bicyclic) bond motifs is 1. The Labute approximate surface area is 186 Å². The predicted octanol–water partition coefficient (Wildman–Crippen LogP) is 6.89. The lowest BCUT2D eigenvalue weighted by molar-refractivity contribution is -0.116. The molecule has 0 unspecified atom stereocenters. The molecule has 2 aromatic carbocycles. The average molecular weight is 470 g/mol. The summed E-state index contributed by atoms with van der Waals surface area (Å²) in [4.78, 5) is 12.3. The van der Waals surface area contributed by atoms with Gasteiger partial charge in [-0.15, -0.1) is 0 Å². The number of carbonyl (C=O) groups excluding carboxylic acids is 1. The Morgan fingerprint density at radius 2 is 2.07 bits per heavy atom. The van der Waals surface area contributed by atoms with Gasteiger partial charge in [0.2, 0.25) is 5.91 Å². The number of aryl methyl sites for hydroxylation is 1. The summed E-state index contributed by atoms with van der Waals surface area (Å²) in [5.74, 6) is 0.677. The lowest BCUT2D eigenvalue weighted by atomic mass is 9.96. The number of furan rings is 1. The van der Waals surface area contributed by atoms with E-state index in [1.54, 1.807) is 12.3 Å². The zero-order valence-corrected chi connectivity index (χ0v) is 19.6. The van der Waals surface area contributed by atoms with Crippen molar-refractivity contribution in [2.75, 3.05) is 13.2 Å². The van der Waals surface area contributed by atoms with Crippen LogP contribution in [0.3, 0.4) is 0 Å². The minimum absolute atomic E-state index is 0.0828. The van der Waals surface area contributed by atoms with Crippen molar-refractivity contribution in [2.24, 2.45) is 0 Å². The van der Waals surface area contributed by atoms with E-state index < -0.39 is 0 Å². The molecule has 1 amide bonds. The second kappa shape index (κ2) is 9.98. The molecule has 1 N–H and O–H groups in total. The van der Waals surface area contributed by atoms with Crippen LogP contribution < -0.4 is 10.1 Å². The van der Waals surface area contributed by atoms with Crippen LogP contribution in [0, 0.1) is 6.92 Å². The molecule has 0 aliphatic carbocycles. The summed E-state index contributed by atoms with van der Waals surface area (Å²) in [5, 5.41) is 3.95. The number of rotatable bonds is 8. The topological polar surface area (TPSA) is 51.5 Å². The molecule has 0 saturated carbocycles. The van der Waals surface area contributed by atoms with Gasteiger partial charge in [0.15, 0.2) is 0 Å². The lowest BCUT2D eigenvalue weighted by Gasteiger charge is -2.15. The van der Waals surface area contributed by atoms with Gasteiger partial charge in [0, 0.05) is 39.2 Å². The minimum Gasteiger partial charge on any atom is -0.493 e. The number of hydrogen-bond donors (Lipinski definition) is 1. The first-order chi connectivity index (χ1) is 14.5. The van der Waals surface area contributed by atoms with Crippen LogP contribution in [-0.4, -0.2) is 19.1 Å². The molecule has 158 valence electrons. The third-order valence-corrected chi connectivity index (χ3v) is 5.56. The first-order valence-electron chi connectivity index (χ1n) is 10.4. The van der Waals surface area contributed by atoms with Gasteiger partial charge in [0.1, 0.15) is 11.3 Å². The number of ether oxygens (including phenoxy) is 1. The molecule has 5 heteroatoms. The molecule has 0 bridgehead atoms. The molecule has 0 spiro atoms. The molecule has 0 atom stereocenters. The smallest absolute Gasteiger partial charge is 0.244 e. The molecular weight excluding hydrogens is 442 g/mol.